The molecule has 1 aliphatic rings. The Balaban J connectivity index is 0.00000338. The number of aromatic nitrogens is 2. The number of piperidine rings is 1. The van der Waals surface area contributed by atoms with Gasteiger partial charge in [-0.15, -0.1) is 24.0 Å². The molecule has 0 unspecified atom stereocenters. The van der Waals surface area contributed by atoms with Crippen LogP contribution in [0.25, 0.3) is 0 Å². The van der Waals surface area contributed by atoms with Gasteiger partial charge in [-0.2, -0.15) is 4.98 Å². The third kappa shape index (κ3) is 7.38. The van der Waals surface area contributed by atoms with E-state index < -0.39 is 0 Å². The smallest absolute Gasteiger partial charge is 0.232 e. The van der Waals surface area contributed by atoms with Gasteiger partial charge in [-0.25, -0.2) is 0 Å². The lowest BCUT2D eigenvalue weighted by Gasteiger charge is -2.33. The first-order valence-corrected chi connectivity index (χ1v) is 9.45. The van der Waals surface area contributed by atoms with Gasteiger partial charge >= 0.3 is 0 Å². The Labute approximate surface area is 174 Å². The number of likely N-dealkylation sites (tertiary alicyclic amines) is 1. The molecule has 0 spiro atoms. The molecule has 1 fully saturated rings. The molecule has 0 aliphatic carbocycles. The van der Waals surface area contributed by atoms with E-state index in [0.717, 1.165) is 31.9 Å². The van der Waals surface area contributed by atoms with E-state index >= 15 is 0 Å². The minimum Gasteiger partial charge on any atom is -0.354 e. The summed E-state index contributed by atoms with van der Waals surface area (Å²) >= 11 is 0. The number of rotatable bonds is 6. The molecule has 26 heavy (non-hydrogen) atoms. The predicted molar refractivity (Wildman–Crippen MR) is 116 cm³/mol. The van der Waals surface area contributed by atoms with E-state index in [-0.39, 0.29) is 29.4 Å². The van der Waals surface area contributed by atoms with Gasteiger partial charge in [-0.1, -0.05) is 39.3 Å². The van der Waals surface area contributed by atoms with Crippen molar-refractivity contribution in [3.63, 3.8) is 0 Å². The van der Waals surface area contributed by atoms with E-state index in [4.69, 9.17) is 4.52 Å². The second-order valence-electron chi connectivity index (χ2n) is 7.81. The summed E-state index contributed by atoms with van der Waals surface area (Å²) in [6, 6.07) is 0.472. The first-order chi connectivity index (χ1) is 11.9. The summed E-state index contributed by atoms with van der Waals surface area (Å²) in [5.74, 6) is 2.11. The first kappa shape index (κ1) is 23.1. The summed E-state index contributed by atoms with van der Waals surface area (Å²) in [5, 5.41) is 10.8. The van der Waals surface area contributed by atoms with E-state index in [1.807, 2.05) is 0 Å². The predicted octanol–water partition coefficient (Wildman–Crippen LogP) is 2.91. The molecule has 0 saturated carbocycles. The van der Waals surface area contributed by atoms with Crippen molar-refractivity contribution in [3.05, 3.63) is 11.7 Å². The van der Waals surface area contributed by atoms with Gasteiger partial charge in [0.05, 0.1) is 6.54 Å². The van der Waals surface area contributed by atoms with Crippen LogP contribution in [0.15, 0.2) is 9.52 Å². The molecule has 1 saturated heterocycles. The first-order valence-electron chi connectivity index (χ1n) is 9.45. The second-order valence-corrected chi connectivity index (χ2v) is 7.81. The molecule has 1 aromatic rings. The molecule has 0 bridgehead atoms. The highest BCUT2D eigenvalue weighted by Gasteiger charge is 2.22. The number of halogens is 1. The molecule has 1 aromatic heterocycles. The zero-order valence-electron chi connectivity index (χ0n) is 16.8. The van der Waals surface area contributed by atoms with Gasteiger partial charge in [0.15, 0.2) is 11.8 Å². The standard InChI is InChI=1S/C18H34N6O.HI/c1-6-7-10-24-11-8-14(9-12-24)21-17(19-5)20-13-15-22-16(25-23-15)18(2,3)4;/h14H,6-13H2,1-5H3,(H2,19,20,21);1H. The Hall–Kier alpha value is -0.900. The van der Waals surface area contributed by atoms with Crippen LogP contribution in [-0.2, 0) is 12.0 Å². The van der Waals surface area contributed by atoms with Crippen molar-refractivity contribution in [1.29, 1.82) is 0 Å². The van der Waals surface area contributed by atoms with Gasteiger partial charge in [0.2, 0.25) is 5.89 Å². The molecule has 0 amide bonds. The van der Waals surface area contributed by atoms with Crippen molar-refractivity contribution < 1.29 is 4.52 Å². The zero-order chi connectivity index (χ0) is 18.3. The third-order valence-corrected chi connectivity index (χ3v) is 4.50. The monoisotopic (exact) mass is 478 g/mol. The number of nitrogens with zero attached hydrogens (tertiary/aromatic N) is 4. The fraction of sp³-hybridized carbons (Fsp3) is 0.833. The quantitative estimate of drug-likeness (QED) is 0.372. The number of unbranched alkanes of at least 4 members (excludes halogenated alkanes) is 1. The van der Waals surface area contributed by atoms with Gasteiger partial charge in [0, 0.05) is 31.6 Å². The summed E-state index contributed by atoms with van der Waals surface area (Å²) in [6.45, 7) is 12.5. The summed E-state index contributed by atoms with van der Waals surface area (Å²) in [4.78, 5) is 11.3. The molecule has 7 nitrogen and oxygen atoms in total. The van der Waals surface area contributed by atoms with Gasteiger partial charge in [0.25, 0.3) is 0 Å². The topological polar surface area (TPSA) is 78.6 Å². The molecule has 2 N–H and O–H groups in total. The van der Waals surface area contributed by atoms with Crippen LogP contribution in [-0.4, -0.2) is 53.7 Å². The van der Waals surface area contributed by atoms with Gasteiger partial charge in [-0.05, 0) is 25.8 Å². The van der Waals surface area contributed by atoms with Crippen molar-refractivity contribution in [2.24, 2.45) is 4.99 Å². The van der Waals surface area contributed by atoms with Crippen molar-refractivity contribution in [2.75, 3.05) is 26.7 Å². The number of hydrogen-bond acceptors (Lipinski definition) is 5. The van der Waals surface area contributed by atoms with Crippen LogP contribution < -0.4 is 10.6 Å². The highest BCUT2D eigenvalue weighted by Crippen LogP contribution is 2.19. The second kappa shape index (κ2) is 11.1. The largest absolute Gasteiger partial charge is 0.354 e. The van der Waals surface area contributed by atoms with Gasteiger partial charge < -0.3 is 20.1 Å². The molecule has 8 heteroatoms. The Morgan fingerprint density at radius 2 is 2.00 bits per heavy atom. The fourth-order valence-electron chi connectivity index (χ4n) is 2.86. The van der Waals surface area contributed by atoms with E-state index in [2.05, 4.69) is 58.4 Å². The van der Waals surface area contributed by atoms with Crippen molar-refractivity contribution >= 4 is 29.9 Å². The molecule has 0 atom stereocenters. The van der Waals surface area contributed by atoms with Crippen molar-refractivity contribution in [2.45, 2.75) is 71.4 Å². The van der Waals surface area contributed by atoms with E-state index in [0.29, 0.717) is 24.3 Å². The van der Waals surface area contributed by atoms with E-state index in [9.17, 15) is 0 Å². The van der Waals surface area contributed by atoms with Crippen molar-refractivity contribution in [3.8, 4) is 0 Å². The highest BCUT2D eigenvalue weighted by molar-refractivity contribution is 14.0. The highest BCUT2D eigenvalue weighted by atomic mass is 127. The third-order valence-electron chi connectivity index (χ3n) is 4.50. The lowest BCUT2D eigenvalue weighted by Crippen LogP contribution is -2.48. The molecular weight excluding hydrogens is 443 g/mol. The van der Waals surface area contributed by atoms with Crippen LogP contribution in [0.1, 0.15) is 65.1 Å². The minimum absolute atomic E-state index is 0. The van der Waals surface area contributed by atoms with Gasteiger partial charge in [-0.3, -0.25) is 4.99 Å². The van der Waals surface area contributed by atoms with Crippen LogP contribution in [0.2, 0.25) is 0 Å². The number of nitrogens with one attached hydrogen (secondary N) is 2. The Morgan fingerprint density at radius 1 is 1.31 bits per heavy atom. The fourth-order valence-corrected chi connectivity index (χ4v) is 2.86. The van der Waals surface area contributed by atoms with E-state index in [1.165, 1.54) is 19.4 Å². The summed E-state index contributed by atoms with van der Waals surface area (Å²) in [7, 11) is 1.79. The normalized spacial score (nSPS) is 17.0. The van der Waals surface area contributed by atoms with E-state index in [1.54, 1.807) is 7.05 Å². The lowest BCUT2D eigenvalue weighted by atomic mass is 9.97. The maximum Gasteiger partial charge on any atom is 0.232 e. The van der Waals surface area contributed by atoms with Crippen LogP contribution in [0, 0.1) is 0 Å². The van der Waals surface area contributed by atoms with Crippen molar-refractivity contribution in [1.82, 2.24) is 25.7 Å². The Morgan fingerprint density at radius 3 is 2.54 bits per heavy atom. The van der Waals surface area contributed by atoms with Crippen LogP contribution in [0.5, 0.6) is 0 Å². The molecular formula is C18H35IN6O. The summed E-state index contributed by atoms with van der Waals surface area (Å²) < 4.78 is 5.32. The van der Waals surface area contributed by atoms with Crippen LogP contribution in [0.4, 0.5) is 0 Å². The molecule has 2 heterocycles. The average molecular weight is 478 g/mol. The minimum atomic E-state index is -0.128. The molecule has 2 rings (SSSR count). The summed E-state index contributed by atoms with van der Waals surface area (Å²) in [5.41, 5.74) is -0.128. The molecule has 0 aromatic carbocycles. The van der Waals surface area contributed by atoms with Crippen LogP contribution in [0.3, 0.4) is 0 Å². The molecule has 0 radical (unpaired) electrons. The van der Waals surface area contributed by atoms with Gasteiger partial charge in [0.1, 0.15) is 0 Å². The average Bonchev–Trinajstić information content (AvgIpc) is 3.07. The molecule has 150 valence electrons. The Bertz CT molecular complexity index is 546. The number of aliphatic imine (C=N–C) groups is 1. The zero-order valence-corrected chi connectivity index (χ0v) is 19.2. The number of guanidine groups is 1. The maximum atomic E-state index is 5.32. The molecule has 1 aliphatic heterocycles. The summed E-state index contributed by atoms with van der Waals surface area (Å²) in [6.07, 6.45) is 4.87. The SMILES string of the molecule is CCCCN1CCC(NC(=NC)NCc2noc(C(C)(C)C)n2)CC1.I. The lowest BCUT2D eigenvalue weighted by molar-refractivity contribution is 0.203. The number of hydrogen-bond donors (Lipinski definition) is 2. The maximum absolute atomic E-state index is 5.32. The van der Waals surface area contributed by atoms with Crippen LogP contribution >= 0.6 is 24.0 Å². The Kier molecular flexibility index (Phi) is 9.84.